The second kappa shape index (κ2) is 4.47. The van der Waals surface area contributed by atoms with Crippen LogP contribution in [0.25, 0.3) is 0 Å². The Hall–Kier alpha value is -1.32. The Balaban J connectivity index is 2.22. The van der Waals surface area contributed by atoms with Crippen LogP contribution in [0.4, 0.5) is 11.5 Å². The zero-order valence-electron chi connectivity index (χ0n) is 7.61. The van der Waals surface area contributed by atoms with Gasteiger partial charge in [0.15, 0.2) is 5.82 Å². The van der Waals surface area contributed by atoms with Gasteiger partial charge in [-0.1, -0.05) is 29.3 Å². The molecule has 0 aliphatic rings. The summed E-state index contributed by atoms with van der Waals surface area (Å²) in [6.07, 6.45) is 3.07. The molecule has 1 aromatic carbocycles. The standard InChI is InChI=1S/C10H7Cl2N3/c11-7-2-1-3-8(4-7)14-10-6-13-5-9(12)15-10/h1-6H,(H,14,15). The maximum absolute atomic E-state index is 5.84. The molecular weight excluding hydrogens is 233 g/mol. The van der Waals surface area contributed by atoms with E-state index in [1.165, 1.54) is 6.20 Å². The summed E-state index contributed by atoms with van der Waals surface area (Å²) in [6.45, 7) is 0. The molecule has 0 spiro atoms. The van der Waals surface area contributed by atoms with Crippen LogP contribution in [0.5, 0.6) is 0 Å². The lowest BCUT2D eigenvalue weighted by Crippen LogP contribution is -1.94. The predicted octanol–water partition coefficient (Wildman–Crippen LogP) is 3.53. The average Bonchev–Trinajstić information content (AvgIpc) is 2.17. The molecule has 0 radical (unpaired) electrons. The van der Waals surface area contributed by atoms with Crippen LogP contribution < -0.4 is 5.32 Å². The Kier molecular flexibility index (Phi) is 3.04. The van der Waals surface area contributed by atoms with Crippen LogP contribution in [-0.4, -0.2) is 9.97 Å². The van der Waals surface area contributed by atoms with E-state index in [4.69, 9.17) is 23.2 Å². The first-order chi connectivity index (χ1) is 7.24. The zero-order valence-corrected chi connectivity index (χ0v) is 9.13. The average molecular weight is 240 g/mol. The monoisotopic (exact) mass is 239 g/mol. The van der Waals surface area contributed by atoms with Gasteiger partial charge in [-0.05, 0) is 18.2 Å². The number of hydrogen-bond acceptors (Lipinski definition) is 3. The first kappa shape index (κ1) is 10.2. The fourth-order valence-electron chi connectivity index (χ4n) is 1.12. The Morgan fingerprint density at radius 3 is 2.73 bits per heavy atom. The number of anilines is 2. The summed E-state index contributed by atoms with van der Waals surface area (Å²) in [4.78, 5) is 7.96. The normalized spacial score (nSPS) is 10.0. The van der Waals surface area contributed by atoms with Gasteiger partial charge >= 0.3 is 0 Å². The van der Waals surface area contributed by atoms with Gasteiger partial charge in [0.25, 0.3) is 0 Å². The van der Waals surface area contributed by atoms with Gasteiger partial charge in [0, 0.05) is 10.7 Å². The van der Waals surface area contributed by atoms with Gasteiger partial charge in [0.05, 0.1) is 12.4 Å². The third kappa shape index (κ3) is 2.81. The molecule has 0 aliphatic heterocycles. The predicted molar refractivity (Wildman–Crippen MR) is 61.8 cm³/mol. The van der Waals surface area contributed by atoms with Crippen molar-refractivity contribution in [3.8, 4) is 0 Å². The Bertz CT molecular complexity index is 430. The molecule has 0 fully saturated rings. The molecule has 0 atom stereocenters. The van der Waals surface area contributed by atoms with Crippen LogP contribution in [0.3, 0.4) is 0 Å². The van der Waals surface area contributed by atoms with Gasteiger partial charge in [-0.25, -0.2) is 4.98 Å². The van der Waals surface area contributed by atoms with Gasteiger partial charge in [0.2, 0.25) is 0 Å². The van der Waals surface area contributed by atoms with Gasteiger partial charge in [-0.2, -0.15) is 0 Å². The summed E-state index contributed by atoms with van der Waals surface area (Å²) < 4.78 is 0. The molecule has 0 saturated heterocycles. The molecule has 3 nitrogen and oxygen atoms in total. The summed E-state index contributed by atoms with van der Waals surface area (Å²) in [7, 11) is 0. The fourth-order valence-corrected chi connectivity index (χ4v) is 1.45. The van der Waals surface area contributed by atoms with Crippen LogP contribution >= 0.6 is 23.2 Å². The smallest absolute Gasteiger partial charge is 0.150 e. The zero-order chi connectivity index (χ0) is 10.7. The highest BCUT2D eigenvalue weighted by Crippen LogP contribution is 2.18. The Morgan fingerprint density at radius 2 is 2.00 bits per heavy atom. The SMILES string of the molecule is Clc1cccc(Nc2cncc(Cl)n2)c1. The maximum atomic E-state index is 5.84. The molecular formula is C10H7Cl2N3. The highest BCUT2D eigenvalue weighted by molar-refractivity contribution is 6.30. The minimum absolute atomic E-state index is 0.349. The van der Waals surface area contributed by atoms with E-state index in [2.05, 4.69) is 15.3 Å². The molecule has 76 valence electrons. The van der Waals surface area contributed by atoms with Crippen LogP contribution in [0, 0.1) is 0 Å². The maximum Gasteiger partial charge on any atom is 0.150 e. The number of nitrogens with one attached hydrogen (secondary N) is 1. The molecule has 1 aromatic heterocycles. The van der Waals surface area contributed by atoms with E-state index in [-0.39, 0.29) is 0 Å². The van der Waals surface area contributed by atoms with Crippen molar-refractivity contribution in [3.05, 3.63) is 46.8 Å². The number of aromatic nitrogens is 2. The van der Waals surface area contributed by atoms with Crippen molar-refractivity contribution in [3.63, 3.8) is 0 Å². The summed E-state index contributed by atoms with van der Waals surface area (Å²) >= 11 is 11.5. The summed E-state index contributed by atoms with van der Waals surface area (Å²) in [5.41, 5.74) is 0.846. The first-order valence-corrected chi connectivity index (χ1v) is 5.00. The first-order valence-electron chi connectivity index (χ1n) is 4.24. The fraction of sp³-hybridized carbons (Fsp3) is 0. The molecule has 15 heavy (non-hydrogen) atoms. The van der Waals surface area contributed by atoms with E-state index in [0.29, 0.717) is 16.0 Å². The van der Waals surface area contributed by atoms with Gasteiger partial charge in [-0.3, -0.25) is 4.98 Å². The van der Waals surface area contributed by atoms with Crippen LogP contribution in [-0.2, 0) is 0 Å². The largest absolute Gasteiger partial charge is 0.339 e. The van der Waals surface area contributed by atoms with Crippen LogP contribution in [0.2, 0.25) is 10.2 Å². The van der Waals surface area contributed by atoms with Crippen LogP contribution in [0.1, 0.15) is 0 Å². The van der Waals surface area contributed by atoms with Crippen molar-refractivity contribution in [2.45, 2.75) is 0 Å². The molecule has 0 unspecified atom stereocenters. The number of rotatable bonds is 2. The summed E-state index contributed by atoms with van der Waals surface area (Å²) in [5.74, 6) is 0.588. The number of halogens is 2. The Morgan fingerprint density at radius 1 is 1.13 bits per heavy atom. The molecule has 0 bridgehead atoms. The third-order valence-corrected chi connectivity index (χ3v) is 2.12. The second-order valence-corrected chi connectivity index (χ2v) is 3.69. The van der Waals surface area contributed by atoms with Crippen molar-refractivity contribution in [2.75, 3.05) is 5.32 Å². The van der Waals surface area contributed by atoms with E-state index in [1.807, 2.05) is 12.1 Å². The third-order valence-electron chi connectivity index (χ3n) is 1.70. The molecule has 2 aromatic rings. The van der Waals surface area contributed by atoms with Crippen molar-refractivity contribution in [1.29, 1.82) is 0 Å². The number of hydrogen-bond donors (Lipinski definition) is 1. The molecule has 5 heteroatoms. The van der Waals surface area contributed by atoms with Crippen LogP contribution in [0.15, 0.2) is 36.7 Å². The van der Waals surface area contributed by atoms with Crippen molar-refractivity contribution in [1.82, 2.24) is 9.97 Å². The quantitative estimate of drug-likeness (QED) is 0.872. The topological polar surface area (TPSA) is 37.8 Å². The van der Waals surface area contributed by atoms with E-state index in [9.17, 15) is 0 Å². The highest BCUT2D eigenvalue weighted by Gasteiger charge is 1.98. The molecule has 0 aliphatic carbocycles. The summed E-state index contributed by atoms with van der Waals surface area (Å²) in [6, 6.07) is 7.33. The molecule has 0 saturated carbocycles. The number of benzene rings is 1. The number of nitrogens with zero attached hydrogens (tertiary/aromatic N) is 2. The summed E-state index contributed by atoms with van der Waals surface area (Å²) in [5, 5.41) is 4.05. The highest BCUT2D eigenvalue weighted by atomic mass is 35.5. The van der Waals surface area contributed by atoms with Gasteiger partial charge < -0.3 is 5.32 Å². The van der Waals surface area contributed by atoms with E-state index < -0.39 is 0 Å². The Labute approximate surface area is 97.1 Å². The lowest BCUT2D eigenvalue weighted by atomic mass is 10.3. The molecule has 2 rings (SSSR count). The van der Waals surface area contributed by atoms with E-state index >= 15 is 0 Å². The second-order valence-electron chi connectivity index (χ2n) is 2.86. The van der Waals surface area contributed by atoms with Gasteiger partial charge in [0.1, 0.15) is 5.15 Å². The van der Waals surface area contributed by atoms with Crippen molar-refractivity contribution >= 4 is 34.7 Å². The minimum Gasteiger partial charge on any atom is -0.339 e. The lowest BCUT2D eigenvalue weighted by molar-refractivity contribution is 1.20. The minimum atomic E-state index is 0.349. The van der Waals surface area contributed by atoms with E-state index in [0.717, 1.165) is 5.69 Å². The van der Waals surface area contributed by atoms with Crippen molar-refractivity contribution < 1.29 is 0 Å². The molecule has 0 amide bonds. The van der Waals surface area contributed by atoms with Crippen molar-refractivity contribution in [2.24, 2.45) is 0 Å². The van der Waals surface area contributed by atoms with Gasteiger partial charge in [-0.15, -0.1) is 0 Å². The molecule has 1 N–H and O–H groups in total. The lowest BCUT2D eigenvalue weighted by Gasteiger charge is -2.04. The van der Waals surface area contributed by atoms with E-state index in [1.54, 1.807) is 18.3 Å². The molecule has 1 heterocycles.